The summed E-state index contributed by atoms with van der Waals surface area (Å²) in [7, 11) is 0. The predicted octanol–water partition coefficient (Wildman–Crippen LogP) is 4.69. The van der Waals surface area contributed by atoms with Crippen LogP contribution in [0.25, 0.3) is 21.8 Å². The minimum Gasteiger partial charge on any atom is -0.365 e. The van der Waals surface area contributed by atoms with Crippen LogP contribution in [0.15, 0.2) is 54.7 Å². The average Bonchev–Trinajstić information content (AvgIpc) is 3.12. The van der Waals surface area contributed by atoms with Gasteiger partial charge in [-0.2, -0.15) is 0 Å². The van der Waals surface area contributed by atoms with E-state index in [0.29, 0.717) is 16.5 Å². The number of aromatic nitrogens is 2. The summed E-state index contributed by atoms with van der Waals surface area (Å²) < 4.78 is 14.1. The number of rotatable bonds is 3. The highest BCUT2D eigenvalue weighted by Crippen LogP contribution is 2.40. The molecule has 29 heavy (non-hydrogen) atoms. The molecule has 1 fully saturated rings. The third-order valence-corrected chi connectivity index (χ3v) is 5.79. The third-order valence-electron chi connectivity index (χ3n) is 5.79. The van der Waals surface area contributed by atoms with Gasteiger partial charge in [0.15, 0.2) is 0 Å². The summed E-state index contributed by atoms with van der Waals surface area (Å²) >= 11 is 0. The molecule has 3 heterocycles. The van der Waals surface area contributed by atoms with Crippen molar-refractivity contribution in [2.75, 3.05) is 11.4 Å². The summed E-state index contributed by atoms with van der Waals surface area (Å²) in [5, 5.41) is 1.46. The van der Waals surface area contributed by atoms with Crippen LogP contribution in [-0.2, 0) is 0 Å². The first kappa shape index (κ1) is 17.7. The molecular weight excluding hydrogens is 367 g/mol. The molecule has 1 saturated heterocycles. The van der Waals surface area contributed by atoms with E-state index in [9.17, 15) is 9.18 Å². The number of carbonyl (C=O) groups is 1. The summed E-state index contributed by atoms with van der Waals surface area (Å²) in [6.45, 7) is 0.847. The van der Waals surface area contributed by atoms with Crippen LogP contribution in [0.3, 0.4) is 0 Å². The molecule has 1 amide bonds. The Kier molecular flexibility index (Phi) is 4.19. The van der Waals surface area contributed by atoms with Crippen LogP contribution in [0.5, 0.6) is 0 Å². The quantitative estimate of drug-likeness (QED) is 0.535. The second-order valence-corrected chi connectivity index (χ2v) is 7.54. The van der Waals surface area contributed by atoms with E-state index in [2.05, 4.69) is 27.0 Å². The number of carbonyl (C=O) groups excluding carboxylic acids is 1. The zero-order valence-corrected chi connectivity index (χ0v) is 15.9. The van der Waals surface area contributed by atoms with Crippen LogP contribution in [0.1, 0.15) is 41.2 Å². The second kappa shape index (κ2) is 6.88. The van der Waals surface area contributed by atoms with Gasteiger partial charge in [0.05, 0.1) is 22.5 Å². The van der Waals surface area contributed by atoms with E-state index in [1.54, 1.807) is 6.07 Å². The number of halogens is 1. The standard InChI is InChI=1S/C23H21FN4O/c24-15-9-10-18-16(12-15)20-21(27-18)17(22(25)29)13-26-23(20)28-11-5-4-8-19(28)14-6-2-1-3-7-14/h1-3,6-7,9-10,12-13,19,27H,4-5,8,11H2,(H2,25,29). The van der Waals surface area contributed by atoms with Crippen LogP contribution in [0.2, 0.25) is 0 Å². The number of piperidine rings is 1. The van der Waals surface area contributed by atoms with Gasteiger partial charge in [-0.25, -0.2) is 9.37 Å². The molecule has 1 unspecified atom stereocenters. The van der Waals surface area contributed by atoms with Crippen molar-refractivity contribution >= 4 is 33.5 Å². The molecule has 0 saturated carbocycles. The van der Waals surface area contributed by atoms with Gasteiger partial charge in [-0.3, -0.25) is 4.79 Å². The lowest BCUT2D eigenvalue weighted by molar-refractivity contribution is 0.100. The van der Waals surface area contributed by atoms with Crippen molar-refractivity contribution in [3.63, 3.8) is 0 Å². The smallest absolute Gasteiger partial charge is 0.252 e. The zero-order valence-electron chi connectivity index (χ0n) is 15.9. The SMILES string of the molecule is NC(=O)c1cnc(N2CCCCC2c2ccccc2)c2c1[nH]c1ccc(F)cc12. The summed E-state index contributed by atoms with van der Waals surface area (Å²) in [4.78, 5) is 22.2. The molecule has 0 radical (unpaired) electrons. The van der Waals surface area contributed by atoms with E-state index in [1.165, 1.54) is 23.9 Å². The fourth-order valence-electron chi connectivity index (χ4n) is 4.46. The van der Waals surface area contributed by atoms with Gasteiger partial charge in [0.25, 0.3) is 5.91 Å². The topological polar surface area (TPSA) is 75.0 Å². The number of primary amides is 1. The van der Waals surface area contributed by atoms with Crippen molar-refractivity contribution in [2.45, 2.75) is 25.3 Å². The molecule has 1 aliphatic heterocycles. The first-order chi connectivity index (χ1) is 14.1. The summed E-state index contributed by atoms with van der Waals surface area (Å²) in [6.07, 6.45) is 4.74. The van der Waals surface area contributed by atoms with Crippen molar-refractivity contribution in [1.82, 2.24) is 9.97 Å². The minimum absolute atomic E-state index is 0.179. The van der Waals surface area contributed by atoms with Crippen molar-refractivity contribution in [3.05, 3.63) is 71.7 Å². The number of nitrogens with one attached hydrogen (secondary N) is 1. The lowest BCUT2D eigenvalue weighted by Crippen LogP contribution is -2.34. The van der Waals surface area contributed by atoms with Gasteiger partial charge < -0.3 is 15.6 Å². The Morgan fingerprint density at radius 2 is 2.00 bits per heavy atom. The second-order valence-electron chi connectivity index (χ2n) is 7.54. The van der Waals surface area contributed by atoms with Gasteiger partial charge in [0.1, 0.15) is 11.6 Å². The molecule has 6 heteroatoms. The number of fused-ring (bicyclic) bond motifs is 3. The van der Waals surface area contributed by atoms with Crippen LogP contribution in [0, 0.1) is 5.82 Å². The van der Waals surface area contributed by atoms with Crippen molar-refractivity contribution in [1.29, 1.82) is 0 Å². The molecule has 1 atom stereocenters. The van der Waals surface area contributed by atoms with Gasteiger partial charge in [-0.05, 0) is 43.0 Å². The number of aromatic amines is 1. The normalized spacial score (nSPS) is 17.1. The van der Waals surface area contributed by atoms with E-state index in [-0.39, 0.29) is 11.9 Å². The van der Waals surface area contributed by atoms with Crippen LogP contribution >= 0.6 is 0 Å². The maximum Gasteiger partial charge on any atom is 0.252 e. The largest absolute Gasteiger partial charge is 0.365 e. The fourth-order valence-corrected chi connectivity index (χ4v) is 4.46. The van der Waals surface area contributed by atoms with Crippen molar-refractivity contribution < 1.29 is 9.18 Å². The molecule has 2 aromatic carbocycles. The Labute approximate surface area is 167 Å². The highest BCUT2D eigenvalue weighted by molar-refractivity contribution is 6.18. The number of anilines is 1. The van der Waals surface area contributed by atoms with E-state index >= 15 is 0 Å². The molecule has 5 nitrogen and oxygen atoms in total. The average molecular weight is 388 g/mol. The van der Waals surface area contributed by atoms with Gasteiger partial charge in [0.2, 0.25) is 0 Å². The molecule has 0 aliphatic carbocycles. The predicted molar refractivity (Wildman–Crippen MR) is 112 cm³/mol. The molecule has 3 N–H and O–H groups in total. The number of nitrogens with two attached hydrogens (primary N) is 1. The summed E-state index contributed by atoms with van der Waals surface area (Å²) in [5.41, 5.74) is 8.50. The first-order valence-electron chi connectivity index (χ1n) is 9.85. The van der Waals surface area contributed by atoms with Gasteiger partial charge in [-0.15, -0.1) is 0 Å². The highest BCUT2D eigenvalue weighted by Gasteiger charge is 2.28. The first-order valence-corrected chi connectivity index (χ1v) is 9.85. The van der Waals surface area contributed by atoms with Crippen LogP contribution in [0.4, 0.5) is 10.2 Å². The number of hydrogen-bond acceptors (Lipinski definition) is 3. The van der Waals surface area contributed by atoms with E-state index < -0.39 is 5.91 Å². The monoisotopic (exact) mass is 388 g/mol. The number of benzene rings is 2. The zero-order chi connectivity index (χ0) is 20.0. The van der Waals surface area contributed by atoms with E-state index in [4.69, 9.17) is 5.73 Å². The minimum atomic E-state index is -0.556. The lowest BCUT2D eigenvalue weighted by Gasteiger charge is -2.37. The number of pyridine rings is 1. The van der Waals surface area contributed by atoms with Gasteiger partial charge >= 0.3 is 0 Å². The van der Waals surface area contributed by atoms with E-state index in [0.717, 1.165) is 42.5 Å². The van der Waals surface area contributed by atoms with Gasteiger partial charge in [0, 0.05) is 23.6 Å². The third kappa shape index (κ3) is 2.92. The lowest BCUT2D eigenvalue weighted by atomic mass is 9.94. The molecule has 1 aliphatic rings. The highest BCUT2D eigenvalue weighted by atomic mass is 19.1. The molecule has 146 valence electrons. The summed E-state index contributed by atoms with van der Waals surface area (Å²) in [5.74, 6) is -0.123. The Balaban J connectivity index is 1.77. The molecule has 5 rings (SSSR count). The van der Waals surface area contributed by atoms with E-state index in [1.807, 2.05) is 18.2 Å². The Bertz CT molecular complexity index is 1220. The van der Waals surface area contributed by atoms with Crippen LogP contribution < -0.4 is 10.6 Å². The molecular formula is C23H21FN4O. The Morgan fingerprint density at radius 1 is 1.17 bits per heavy atom. The Hall–Kier alpha value is -3.41. The number of H-pyrrole nitrogens is 1. The van der Waals surface area contributed by atoms with Gasteiger partial charge in [-0.1, -0.05) is 30.3 Å². The number of hydrogen-bond donors (Lipinski definition) is 2. The number of amides is 1. The summed E-state index contributed by atoms with van der Waals surface area (Å²) in [6, 6.07) is 15.1. The van der Waals surface area contributed by atoms with Crippen molar-refractivity contribution in [3.8, 4) is 0 Å². The molecule has 2 aromatic heterocycles. The maximum absolute atomic E-state index is 14.1. The number of nitrogens with zero attached hydrogens (tertiary/aromatic N) is 2. The Morgan fingerprint density at radius 3 is 2.79 bits per heavy atom. The molecule has 0 bridgehead atoms. The fraction of sp³-hybridized carbons (Fsp3) is 0.217. The molecule has 0 spiro atoms. The van der Waals surface area contributed by atoms with Crippen molar-refractivity contribution in [2.24, 2.45) is 5.73 Å². The van der Waals surface area contributed by atoms with Crippen LogP contribution in [-0.4, -0.2) is 22.4 Å². The molecule has 4 aromatic rings. The maximum atomic E-state index is 14.1.